The molecule has 1 aromatic rings. The van der Waals surface area contributed by atoms with Crippen molar-refractivity contribution in [2.45, 2.75) is 25.8 Å². The summed E-state index contributed by atoms with van der Waals surface area (Å²) in [6, 6.07) is 0.566. The normalized spacial score (nSPS) is 18.9. The summed E-state index contributed by atoms with van der Waals surface area (Å²) in [7, 11) is 1.93. The van der Waals surface area contributed by atoms with Crippen molar-refractivity contribution in [3.05, 3.63) is 0 Å². The Hall–Kier alpha value is -1.63. The maximum Gasteiger partial charge on any atom is 0.323 e. The maximum atomic E-state index is 5.67. The zero-order chi connectivity index (χ0) is 13.0. The Morgan fingerprint density at radius 3 is 2.94 bits per heavy atom. The van der Waals surface area contributed by atoms with Crippen LogP contribution in [-0.4, -0.2) is 47.9 Å². The fourth-order valence-electron chi connectivity index (χ4n) is 1.77. The molecule has 0 amide bonds. The number of ether oxygens (including phenoxy) is 2. The van der Waals surface area contributed by atoms with Gasteiger partial charge in [-0.3, -0.25) is 0 Å². The van der Waals surface area contributed by atoms with E-state index >= 15 is 0 Å². The first kappa shape index (κ1) is 12.8. The summed E-state index contributed by atoms with van der Waals surface area (Å²) in [4.78, 5) is 14.3. The van der Waals surface area contributed by atoms with Crippen LogP contribution in [0.5, 0.6) is 6.01 Å². The van der Waals surface area contributed by atoms with E-state index in [4.69, 9.17) is 15.2 Å². The first-order valence-corrected chi connectivity index (χ1v) is 6.15. The first-order valence-electron chi connectivity index (χ1n) is 6.15. The first-order chi connectivity index (χ1) is 8.70. The second kappa shape index (κ2) is 5.81. The minimum absolute atomic E-state index is 0.178. The topological polar surface area (TPSA) is 86.4 Å². The van der Waals surface area contributed by atoms with Crippen LogP contribution in [0.3, 0.4) is 0 Å². The molecule has 1 fully saturated rings. The van der Waals surface area contributed by atoms with Crippen molar-refractivity contribution in [2.24, 2.45) is 0 Å². The number of hydrogen-bond donors (Lipinski definition) is 1. The number of likely N-dealkylation sites (N-methyl/N-ethyl adjacent to an activating group) is 1. The van der Waals surface area contributed by atoms with E-state index in [1.165, 1.54) is 0 Å². The highest BCUT2D eigenvalue weighted by atomic mass is 16.5. The summed E-state index contributed by atoms with van der Waals surface area (Å²) in [6.45, 7) is 4.05. The Morgan fingerprint density at radius 2 is 2.28 bits per heavy atom. The summed E-state index contributed by atoms with van der Waals surface area (Å²) in [5.41, 5.74) is 5.67. The molecular formula is C11H19N5O2. The molecule has 1 aliphatic rings. The number of aromatic nitrogens is 3. The van der Waals surface area contributed by atoms with Gasteiger partial charge in [0.1, 0.15) is 0 Å². The quantitative estimate of drug-likeness (QED) is 0.816. The van der Waals surface area contributed by atoms with Crippen molar-refractivity contribution in [3.63, 3.8) is 0 Å². The summed E-state index contributed by atoms with van der Waals surface area (Å²) in [5.74, 6) is 0.709. The number of anilines is 2. The van der Waals surface area contributed by atoms with Crippen molar-refractivity contribution < 1.29 is 9.47 Å². The van der Waals surface area contributed by atoms with Gasteiger partial charge >= 0.3 is 6.01 Å². The van der Waals surface area contributed by atoms with Crippen LogP contribution in [0.2, 0.25) is 0 Å². The Kier molecular flexibility index (Phi) is 4.14. The van der Waals surface area contributed by atoms with Crippen molar-refractivity contribution in [3.8, 4) is 6.01 Å². The molecule has 1 atom stereocenters. The largest absolute Gasteiger partial charge is 0.463 e. The molecule has 1 saturated heterocycles. The third-order valence-corrected chi connectivity index (χ3v) is 2.82. The second-order valence-electron chi connectivity index (χ2n) is 4.25. The third-order valence-electron chi connectivity index (χ3n) is 2.82. The number of nitrogen functional groups attached to an aromatic ring is 1. The van der Waals surface area contributed by atoms with E-state index < -0.39 is 0 Å². The Balaban J connectivity index is 2.13. The van der Waals surface area contributed by atoms with Crippen LogP contribution in [-0.2, 0) is 4.74 Å². The van der Waals surface area contributed by atoms with Gasteiger partial charge in [-0.25, -0.2) is 0 Å². The predicted octanol–water partition coefficient (Wildman–Crippen LogP) is 0.468. The van der Waals surface area contributed by atoms with Crippen LogP contribution in [0, 0.1) is 0 Å². The molecule has 1 aromatic heterocycles. The number of rotatable bonds is 5. The molecule has 7 heteroatoms. The lowest BCUT2D eigenvalue weighted by molar-refractivity contribution is 0.193. The molecule has 1 unspecified atom stereocenters. The van der Waals surface area contributed by atoms with Gasteiger partial charge in [-0.2, -0.15) is 15.0 Å². The van der Waals surface area contributed by atoms with Gasteiger partial charge in [0.15, 0.2) is 0 Å². The SMILES string of the molecule is CCCOc1nc(N)nc(N(C)C2CCOC2)n1. The molecule has 2 N–H and O–H groups in total. The standard InChI is InChI=1S/C11H19N5O2/c1-3-5-18-11-14-9(12)13-10(15-11)16(2)8-4-6-17-7-8/h8H,3-7H2,1-2H3,(H2,12,13,14,15). The molecule has 1 aliphatic heterocycles. The molecule has 2 rings (SSSR count). The van der Waals surface area contributed by atoms with Crippen LogP contribution in [0.25, 0.3) is 0 Å². The summed E-state index contributed by atoms with van der Waals surface area (Å²) >= 11 is 0. The molecule has 0 saturated carbocycles. The van der Waals surface area contributed by atoms with Crippen molar-refractivity contribution in [1.82, 2.24) is 15.0 Å². The van der Waals surface area contributed by atoms with E-state index in [0.29, 0.717) is 19.2 Å². The van der Waals surface area contributed by atoms with Gasteiger partial charge in [0, 0.05) is 13.7 Å². The molecule has 0 aliphatic carbocycles. The van der Waals surface area contributed by atoms with E-state index in [9.17, 15) is 0 Å². The average Bonchev–Trinajstić information content (AvgIpc) is 2.88. The zero-order valence-corrected chi connectivity index (χ0v) is 10.8. The fourth-order valence-corrected chi connectivity index (χ4v) is 1.77. The van der Waals surface area contributed by atoms with Gasteiger partial charge in [-0.1, -0.05) is 6.92 Å². The van der Waals surface area contributed by atoms with Gasteiger partial charge < -0.3 is 20.1 Å². The molecule has 18 heavy (non-hydrogen) atoms. The lowest BCUT2D eigenvalue weighted by Crippen LogP contribution is -2.33. The Morgan fingerprint density at radius 1 is 1.44 bits per heavy atom. The van der Waals surface area contributed by atoms with E-state index in [2.05, 4.69) is 15.0 Å². The van der Waals surface area contributed by atoms with E-state index in [1.54, 1.807) is 0 Å². The van der Waals surface area contributed by atoms with Crippen LogP contribution in [0.1, 0.15) is 19.8 Å². The molecular weight excluding hydrogens is 234 g/mol. The molecule has 0 spiro atoms. The summed E-state index contributed by atoms with van der Waals surface area (Å²) < 4.78 is 10.7. The van der Waals surface area contributed by atoms with Crippen LogP contribution < -0.4 is 15.4 Å². The monoisotopic (exact) mass is 253 g/mol. The number of hydrogen-bond acceptors (Lipinski definition) is 7. The number of nitrogens with zero attached hydrogens (tertiary/aromatic N) is 4. The predicted molar refractivity (Wildman–Crippen MR) is 67.7 cm³/mol. The lowest BCUT2D eigenvalue weighted by Gasteiger charge is -2.23. The third kappa shape index (κ3) is 2.98. The van der Waals surface area contributed by atoms with Crippen LogP contribution in [0.4, 0.5) is 11.9 Å². The Labute approximate surface area is 106 Å². The average molecular weight is 253 g/mol. The van der Waals surface area contributed by atoms with E-state index in [1.807, 2.05) is 18.9 Å². The van der Waals surface area contributed by atoms with Crippen molar-refractivity contribution in [1.29, 1.82) is 0 Å². The minimum Gasteiger partial charge on any atom is -0.463 e. The highest BCUT2D eigenvalue weighted by molar-refractivity contribution is 5.36. The highest BCUT2D eigenvalue weighted by Gasteiger charge is 2.23. The molecule has 2 heterocycles. The van der Waals surface area contributed by atoms with Crippen LogP contribution in [0.15, 0.2) is 0 Å². The number of nitrogens with two attached hydrogens (primary N) is 1. The minimum atomic E-state index is 0.178. The fraction of sp³-hybridized carbons (Fsp3) is 0.727. The van der Waals surface area contributed by atoms with Gasteiger partial charge in [0.25, 0.3) is 0 Å². The van der Waals surface area contributed by atoms with Gasteiger partial charge in [0.05, 0.1) is 19.3 Å². The van der Waals surface area contributed by atoms with Gasteiger partial charge in [0.2, 0.25) is 11.9 Å². The molecule has 0 bridgehead atoms. The molecule has 7 nitrogen and oxygen atoms in total. The maximum absolute atomic E-state index is 5.67. The Bertz CT molecular complexity index is 395. The van der Waals surface area contributed by atoms with E-state index in [0.717, 1.165) is 19.4 Å². The van der Waals surface area contributed by atoms with Crippen molar-refractivity contribution >= 4 is 11.9 Å². The van der Waals surface area contributed by atoms with Gasteiger partial charge in [-0.15, -0.1) is 0 Å². The molecule has 100 valence electrons. The van der Waals surface area contributed by atoms with Gasteiger partial charge in [-0.05, 0) is 12.8 Å². The molecule has 0 radical (unpaired) electrons. The van der Waals surface area contributed by atoms with Crippen LogP contribution >= 0.6 is 0 Å². The second-order valence-corrected chi connectivity index (χ2v) is 4.25. The lowest BCUT2D eigenvalue weighted by atomic mass is 10.2. The van der Waals surface area contributed by atoms with Crippen molar-refractivity contribution in [2.75, 3.05) is 37.5 Å². The summed E-state index contributed by atoms with van der Waals surface area (Å²) in [6.07, 6.45) is 1.86. The zero-order valence-electron chi connectivity index (χ0n) is 10.8. The van der Waals surface area contributed by atoms with E-state index in [-0.39, 0.29) is 18.0 Å². The highest BCUT2D eigenvalue weighted by Crippen LogP contribution is 2.18. The molecule has 0 aromatic carbocycles. The smallest absolute Gasteiger partial charge is 0.323 e. The summed E-state index contributed by atoms with van der Waals surface area (Å²) in [5, 5.41) is 0.